The van der Waals surface area contributed by atoms with Crippen LogP contribution >= 0.6 is 11.6 Å². The predicted octanol–water partition coefficient (Wildman–Crippen LogP) is 3.42. The largest absolute Gasteiger partial charge is 0.422 e. The van der Waals surface area contributed by atoms with E-state index in [2.05, 4.69) is 15.1 Å². The lowest BCUT2D eigenvalue weighted by Crippen LogP contribution is -2.16. The van der Waals surface area contributed by atoms with Crippen LogP contribution in [0, 0.1) is 0 Å². The first-order valence-electron chi connectivity index (χ1n) is 9.77. The second-order valence-corrected chi connectivity index (χ2v) is 7.47. The number of carbonyl (C=O) groups excluding carboxylic acids is 1. The second-order valence-electron chi connectivity index (χ2n) is 7.09. The summed E-state index contributed by atoms with van der Waals surface area (Å²) in [5.74, 6) is -0.200. The Kier molecular flexibility index (Phi) is 6.16. The number of aliphatic hydroxyl groups is 1. The zero-order valence-corrected chi connectivity index (χ0v) is 18.0. The van der Waals surface area contributed by atoms with E-state index in [1.54, 1.807) is 37.4 Å². The minimum absolute atomic E-state index is 0.0110. The molecular weight excluding hydrogens is 430 g/mol. The van der Waals surface area contributed by atoms with E-state index in [1.165, 1.54) is 4.68 Å². The number of esters is 1. The van der Waals surface area contributed by atoms with Crippen molar-refractivity contribution < 1.29 is 14.6 Å². The normalized spacial score (nSPS) is 10.8. The number of ether oxygens (including phenoxy) is 1. The highest BCUT2D eigenvalue weighted by molar-refractivity contribution is 6.29. The number of halogens is 1. The fourth-order valence-electron chi connectivity index (χ4n) is 3.37. The first-order valence-corrected chi connectivity index (χ1v) is 10.1. The van der Waals surface area contributed by atoms with Crippen molar-refractivity contribution in [2.45, 2.75) is 13.0 Å². The van der Waals surface area contributed by atoms with Gasteiger partial charge in [0.15, 0.2) is 5.69 Å². The van der Waals surface area contributed by atoms with Gasteiger partial charge in [-0.15, -0.1) is 0 Å². The van der Waals surface area contributed by atoms with Crippen LogP contribution in [0.3, 0.4) is 0 Å². The summed E-state index contributed by atoms with van der Waals surface area (Å²) in [5.41, 5.74) is 9.27. The van der Waals surface area contributed by atoms with E-state index in [4.69, 9.17) is 22.1 Å². The first-order chi connectivity index (χ1) is 15.4. The molecule has 0 bridgehead atoms. The summed E-state index contributed by atoms with van der Waals surface area (Å²) in [6.07, 6.45) is 0.416. The molecule has 0 amide bonds. The van der Waals surface area contributed by atoms with Crippen molar-refractivity contribution in [2.75, 3.05) is 5.73 Å². The summed E-state index contributed by atoms with van der Waals surface area (Å²) in [6, 6.07) is 17.9. The highest BCUT2D eigenvalue weighted by Gasteiger charge is 2.26. The highest BCUT2D eigenvalue weighted by atomic mass is 35.5. The topological polar surface area (TPSA) is 116 Å². The molecule has 0 unspecified atom stereocenters. The average Bonchev–Trinajstić information content (AvgIpc) is 3.10. The Morgan fingerprint density at radius 2 is 1.81 bits per heavy atom. The molecular formula is C23H20ClN5O3. The van der Waals surface area contributed by atoms with Crippen LogP contribution < -0.4 is 10.5 Å². The zero-order valence-electron chi connectivity index (χ0n) is 17.2. The van der Waals surface area contributed by atoms with Crippen molar-refractivity contribution in [1.29, 1.82) is 0 Å². The number of benzene rings is 2. The van der Waals surface area contributed by atoms with Crippen LogP contribution in [-0.2, 0) is 20.1 Å². The van der Waals surface area contributed by atoms with E-state index in [1.807, 2.05) is 30.3 Å². The third-order valence-corrected chi connectivity index (χ3v) is 5.03. The fraction of sp³-hybridized carbons (Fsp3) is 0.130. The van der Waals surface area contributed by atoms with Gasteiger partial charge in [-0.2, -0.15) is 5.10 Å². The lowest BCUT2D eigenvalue weighted by Gasteiger charge is -2.09. The minimum Gasteiger partial charge on any atom is -0.422 e. The molecule has 0 spiro atoms. The Bertz CT molecular complexity index is 1240. The number of hydrogen-bond donors (Lipinski definition) is 2. The van der Waals surface area contributed by atoms with Crippen molar-refractivity contribution in [3.63, 3.8) is 0 Å². The maximum Gasteiger partial charge on any atom is 0.362 e. The third-order valence-electron chi connectivity index (χ3n) is 4.83. The molecule has 32 heavy (non-hydrogen) atoms. The molecule has 162 valence electrons. The maximum atomic E-state index is 13.2. The van der Waals surface area contributed by atoms with E-state index in [0.717, 1.165) is 11.1 Å². The summed E-state index contributed by atoms with van der Waals surface area (Å²) in [7, 11) is 1.66. The molecule has 2 aromatic heterocycles. The highest BCUT2D eigenvalue weighted by Crippen LogP contribution is 2.29. The summed E-state index contributed by atoms with van der Waals surface area (Å²) in [5, 5.41) is 13.9. The average molecular weight is 450 g/mol. The predicted molar refractivity (Wildman–Crippen MR) is 120 cm³/mol. The molecule has 0 aliphatic carbocycles. The van der Waals surface area contributed by atoms with Crippen LogP contribution in [0.4, 0.5) is 5.95 Å². The molecule has 4 rings (SSSR count). The molecule has 3 N–H and O–H groups in total. The van der Waals surface area contributed by atoms with E-state index in [9.17, 15) is 9.90 Å². The van der Waals surface area contributed by atoms with Crippen LogP contribution in [0.5, 0.6) is 5.75 Å². The molecule has 0 fully saturated rings. The van der Waals surface area contributed by atoms with Gasteiger partial charge in [0, 0.05) is 25.1 Å². The summed E-state index contributed by atoms with van der Waals surface area (Å²) in [6.45, 7) is -0.0921. The minimum atomic E-state index is -0.568. The third kappa shape index (κ3) is 4.61. The van der Waals surface area contributed by atoms with Gasteiger partial charge < -0.3 is 15.6 Å². The Labute approximate surface area is 189 Å². The summed E-state index contributed by atoms with van der Waals surface area (Å²) in [4.78, 5) is 21.3. The number of nitrogens with two attached hydrogens (primary N) is 1. The SMILES string of the molecule is Cn1nc(-c2cc(Cl)nc(N)n2)c(Cc2ccccc2)c1C(=O)Oc1ccc(CO)cc1. The number of nitrogen functional groups attached to an aromatic ring is 1. The van der Waals surface area contributed by atoms with Crippen LogP contribution in [0.15, 0.2) is 60.7 Å². The zero-order chi connectivity index (χ0) is 22.7. The number of carbonyl (C=O) groups is 1. The van der Waals surface area contributed by atoms with Gasteiger partial charge in [0.05, 0.1) is 12.3 Å². The summed E-state index contributed by atoms with van der Waals surface area (Å²) < 4.78 is 7.05. The number of aryl methyl sites for hydroxylation is 1. The second kappa shape index (κ2) is 9.17. The Hall–Kier alpha value is -3.75. The monoisotopic (exact) mass is 449 g/mol. The van der Waals surface area contributed by atoms with E-state index < -0.39 is 5.97 Å². The molecule has 0 aliphatic rings. The molecule has 9 heteroatoms. The van der Waals surface area contributed by atoms with Gasteiger partial charge in [-0.1, -0.05) is 54.1 Å². The van der Waals surface area contributed by atoms with Crippen LogP contribution in [0.25, 0.3) is 11.4 Å². The Morgan fingerprint density at radius 1 is 1.09 bits per heavy atom. The van der Waals surface area contributed by atoms with Crippen molar-refractivity contribution in [2.24, 2.45) is 7.05 Å². The maximum absolute atomic E-state index is 13.2. The van der Waals surface area contributed by atoms with Gasteiger partial charge >= 0.3 is 5.97 Å². The van der Waals surface area contributed by atoms with Crippen LogP contribution in [0.1, 0.15) is 27.2 Å². The first kappa shape index (κ1) is 21.5. The lowest BCUT2D eigenvalue weighted by atomic mass is 10.0. The van der Waals surface area contributed by atoms with Crippen molar-refractivity contribution in [3.05, 3.63) is 88.2 Å². The van der Waals surface area contributed by atoms with Crippen LogP contribution in [0.2, 0.25) is 5.15 Å². The Morgan fingerprint density at radius 3 is 2.47 bits per heavy atom. The van der Waals surface area contributed by atoms with Gasteiger partial charge in [-0.25, -0.2) is 14.8 Å². The molecule has 0 aliphatic heterocycles. The molecule has 0 radical (unpaired) electrons. The van der Waals surface area contributed by atoms with E-state index in [-0.39, 0.29) is 23.4 Å². The molecule has 4 aromatic rings. The molecule has 0 atom stereocenters. The molecule has 0 saturated heterocycles. The smallest absolute Gasteiger partial charge is 0.362 e. The summed E-state index contributed by atoms with van der Waals surface area (Å²) >= 11 is 6.08. The van der Waals surface area contributed by atoms with Crippen molar-refractivity contribution >= 4 is 23.5 Å². The lowest BCUT2D eigenvalue weighted by molar-refractivity contribution is 0.0722. The standard InChI is InChI=1S/C23H20ClN5O3/c1-29-21(22(31)32-16-9-7-15(13-30)8-10-16)17(11-14-5-3-2-4-6-14)20(28-29)18-12-19(24)27-23(25)26-18/h2-10,12,30H,11,13H2,1H3,(H2,25,26,27). The fourth-order valence-corrected chi connectivity index (χ4v) is 3.56. The quantitative estimate of drug-likeness (QED) is 0.263. The Balaban J connectivity index is 1.78. The van der Waals surface area contributed by atoms with Gasteiger partial charge in [-0.05, 0) is 23.3 Å². The van der Waals surface area contributed by atoms with Gasteiger partial charge in [0.25, 0.3) is 0 Å². The van der Waals surface area contributed by atoms with Crippen molar-refractivity contribution in [1.82, 2.24) is 19.7 Å². The van der Waals surface area contributed by atoms with Crippen molar-refractivity contribution in [3.8, 4) is 17.1 Å². The number of nitrogens with zero attached hydrogens (tertiary/aromatic N) is 4. The number of hydrogen-bond acceptors (Lipinski definition) is 7. The number of rotatable bonds is 6. The molecule has 8 nitrogen and oxygen atoms in total. The van der Waals surface area contributed by atoms with Gasteiger partial charge in [-0.3, -0.25) is 4.68 Å². The number of aromatic nitrogens is 4. The molecule has 0 saturated carbocycles. The van der Waals surface area contributed by atoms with E-state index >= 15 is 0 Å². The molecule has 2 aromatic carbocycles. The number of aliphatic hydroxyl groups excluding tert-OH is 1. The van der Waals surface area contributed by atoms with Gasteiger partial charge in [0.2, 0.25) is 5.95 Å². The number of anilines is 1. The van der Waals surface area contributed by atoms with Gasteiger partial charge in [0.1, 0.15) is 16.6 Å². The molecule has 2 heterocycles. The van der Waals surface area contributed by atoms with Crippen LogP contribution in [-0.4, -0.2) is 30.8 Å². The van der Waals surface area contributed by atoms with E-state index in [0.29, 0.717) is 29.1 Å².